The molecular weight excluding hydrogens is 680 g/mol. The number of unbranched alkanes of at least 4 members (excludes halogenated alkanes) is 4. The maximum Gasteiger partial charge on any atom is 0.335 e. The van der Waals surface area contributed by atoms with Gasteiger partial charge in [-0.25, -0.2) is 4.79 Å². The van der Waals surface area contributed by atoms with E-state index in [-0.39, 0.29) is 31.0 Å². The van der Waals surface area contributed by atoms with Gasteiger partial charge in [0.15, 0.2) is 0 Å². The van der Waals surface area contributed by atoms with Crippen LogP contribution < -0.4 is 9.47 Å². The Hall–Kier alpha value is -5.02. The number of benzene rings is 4. The van der Waals surface area contributed by atoms with Crippen molar-refractivity contribution in [2.24, 2.45) is 0 Å². The van der Waals surface area contributed by atoms with E-state index in [1.54, 1.807) is 7.11 Å². The second-order valence-corrected chi connectivity index (χ2v) is 12.9. The van der Waals surface area contributed by atoms with E-state index in [0.29, 0.717) is 25.2 Å². The molecule has 0 heterocycles. The minimum Gasteiger partial charge on any atom is -0.491 e. The molecule has 0 atom stereocenters. The summed E-state index contributed by atoms with van der Waals surface area (Å²) in [7, 11) is 1.67. The first-order chi connectivity index (χ1) is 26.3. The van der Waals surface area contributed by atoms with Gasteiger partial charge in [0.2, 0.25) is 0 Å². The zero-order valence-electron chi connectivity index (χ0n) is 31.9. The number of aliphatic hydroxyl groups is 2. The summed E-state index contributed by atoms with van der Waals surface area (Å²) in [6.45, 7) is 9.68. The average molecular weight is 737 g/mol. The van der Waals surface area contributed by atoms with E-state index in [9.17, 15) is 9.59 Å². The molecule has 54 heavy (non-hydrogen) atoms. The number of hydrogen-bond acceptors (Lipinski definition) is 8. The molecule has 8 heteroatoms. The minimum absolute atomic E-state index is 0.0307. The van der Waals surface area contributed by atoms with Crippen LogP contribution in [0.25, 0.3) is 22.3 Å². The Bertz CT molecular complexity index is 1710. The number of rotatable bonds is 23. The molecule has 0 aliphatic carbocycles. The molecule has 0 aliphatic rings. The van der Waals surface area contributed by atoms with Crippen molar-refractivity contribution in [1.29, 1.82) is 0 Å². The molecule has 0 amide bonds. The van der Waals surface area contributed by atoms with Crippen LogP contribution >= 0.6 is 0 Å². The van der Waals surface area contributed by atoms with Crippen LogP contribution in [0.3, 0.4) is 0 Å². The third-order valence-corrected chi connectivity index (χ3v) is 8.76. The molecule has 0 saturated heterocycles. The lowest BCUT2D eigenvalue weighted by atomic mass is 9.92. The van der Waals surface area contributed by atoms with Gasteiger partial charge in [-0.05, 0) is 88.9 Å². The molecule has 2 N–H and O–H groups in total. The van der Waals surface area contributed by atoms with Crippen LogP contribution in [0.2, 0.25) is 0 Å². The first-order valence-electron chi connectivity index (χ1n) is 18.7. The Labute approximate surface area is 321 Å². The highest BCUT2D eigenvalue weighted by Gasteiger charge is 2.10. The van der Waals surface area contributed by atoms with Crippen molar-refractivity contribution < 1.29 is 38.7 Å². The smallest absolute Gasteiger partial charge is 0.335 e. The fourth-order valence-electron chi connectivity index (χ4n) is 5.57. The van der Waals surface area contributed by atoms with Gasteiger partial charge in [0.05, 0.1) is 25.4 Å². The molecule has 0 bridgehead atoms. The van der Waals surface area contributed by atoms with Crippen LogP contribution in [-0.4, -0.2) is 69.2 Å². The van der Waals surface area contributed by atoms with Gasteiger partial charge in [0, 0.05) is 12.7 Å². The maximum absolute atomic E-state index is 11.6. The number of esters is 1. The van der Waals surface area contributed by atoms with E-state index in [1.165, 1.54) is 65.5 Å². The Morgan fingerprint density at radius 3 is 1.72 bits per heavy atom. The van der Waals surface area contributed by atoms with Crippen molar-refractivity contribution in [3.8, 4) is 33.8 Å². The highest BCUT2D eigenvalue weighted by Crippen LogP contribution is 2.28. The highest BCUT2D eigenvalue weighted by molar-refractivity contribution is 5.87. The van der Waals surface area contributed by atoms with Crippen molar-refractivity contribution >= 4 is 12.3 Å². The molecule has 4 aromatic rings. The third kappa shape index (κ3) is 15.5. The van der Waals surface area contributed by atoms with E-state index in [2.05, 4.69) is 86.8 Å². The Morgan fingerprint density at radius 2 is 1.19 bits per heavy atom. The predicted molar refractivity (Wildman–Crippen MR) is 216 cm³/mol. The predicted octanol–water partition coefficient (Wildman–Crippen LogP) is 8.55. The van der Waals surface area contributed by atoms with Crippen LogP contribution in [0.4, 0.5) is 0 Å². The Balaban J connectivity index is 0.00000120. The highest BCUT2D eigenvalue weighted by atomic mass is 16.6. The van der Waals surface area contributed by atoms with Crippen molar-refractivity contribution in [2.75, 3.05) is 46.8 Å². The molecule has 4 rings (SSSR count). The molecule has 0 aliphatic heterocycles. The molecule has 0 saturated carbocycles. The summed E-state index contributed by atoms with van der Waals surface area (Å²) in [5.41, 5.74) is 9.14. The fourth-order valence-corrected chi connectivity index (χ4v) is 5.57. The summed E-state index contributed by atoms with van der Waals surface area (Å²) < 4.78 is 21.5. The zero-order chi connectivity index (χ0) is 39.0. The fraction of sp³-hybridized carbons (Fsp3) is 0.348. The number of aryl methyl sites for hydroxylation is 3. The quantitative estimate of drug-likeness (QED) is 0.0338. The van der Waals surface area contributed by atoms with E-state index >= 15 is 0 Å². The number of ether oxygens (including phenoxy) is 4. The summed E-state index contributed by atoms with van der Waals surface area (Å²) in [5, 5.41) is 17.0. The first-order valence-corrected chi connectivity index (χ1v) is 18.7. The third-order valence-electron chi connectivity index (χ3n) is 8.76. The summed E-state index contributed by atoms with van der Waals surface area (Å²) in [4.78, 5) is 21.1. The number of hydrogen-bond donors (Lipinski definition) is 2. The van der Waals surface area contributed by atoms with E-state index in [4.69, 9.17) is 29.2 Å². The molecule has 8 nitrogen and oxygen atoms in total. The largest absolute Gasteiger partial charge is 0.491 e. The van der Waals surface area contributed by atoms with Gasteiger partial charge in [-0.15, -0.1) is 0 Å². The number of aldehydes is 1. The summed E-state index contributed by atoms with van der Waals surface area (Å²) in [6, 6.07) is 32.1. The Morgan fingerprint density at radius 1 is 0.630 bits per heavy atom. The zero-order valence-corrected chi connectivity index (χ0v) is 31.9. The van der Waals surface area contributed by atoms with Gasteiger partial charge in [0.1, 0.15) is 37.6 Å². The van der Waals surface area contributed by atoms with Gasteiger partial charge in [0.25, 0.3) is 0 Å². The summed E-state index contributed by atoms with van der Waals surface area (Å²) in [6.07, 6.45) is 9.89. The molecule has 0 aromatic heterocycles. The van der Waals surface area contributed by atoms with Crippen molar-refractivity contribution in [3.63, 3.8) is 0 Å². The molecule has 4 aromatic carbocycles. The first kappa shape index (κ1) is 43.4. The van der Waals surface area contributed by atoms with Crippen LogP contribution in [0.5, 0.6) is 11.5 Å². The number of carbonyl (C=O) groups excluding carboxylic acids is 2. The van der Waals surface area contributed by atoms with E-state index < -0.39 is 12.6 Å². The van der Waals surface area contributed by atoms with Crippen molar-refractivity contribution in [1.82, 2.24) is 0 Å². The standard InChI is InChI=1S/C42H50O6.C4H6O2/c1-4-5-6-7-8-9-38-30-39(37-20-24-41(25-21-37)47-28-29-48-42(44)32(2)31-43)17-16-36(38)15-12-33-10-13-34(14-11-33)35-18-22-40(23-19-35)46-27-26-45-3;1-4(2-5)3-6/h10-11,13-14,16-25,30,43H,2,4-9,12,15,26-29,31H2,1,3H3;2,6H,1,3H2. The van der Waals surface area contributed by atoms with Gasteiger partial charge < -0.3 is 29.2 Å². The molecule has 0 fully saturated rings. The minimum atomic E-state index is -0.610. The van der Waals surface area contributed by atoms with Crippen LogP contribution in [0.15, 0.2) is 115 Å². The lowest BCUT2D eigenvalue weighted by molar-refractivity contribution is -0.140. The van der Waals surface area contributed by atoms with Gasteiger partial charge in [-0.3, -0.25) is 4.79 Å². The summed E-state index contributed by atoms with van der Waals surface area (Å²) >= 11 is 0. The lowest BCUT2D eigenvalue weighted by Gasteiger charge is -2.14. The van der Waals surface area contributed by atoms with Gasteiger partial charge in [-0.2, -0.15) is 0 Å². The molecular formula is C46H56O8. The average Bonchev–Trinajstić information content (AvgIpc) is 3.22. The molecule has 288 valence electrons. The molecule has 0 spiro atoms. The number of carbonyl (C=O) groups is 2. The SMILES string of the molecule is C=C(C=O)CO.C=C(CO)C(=O)OCCOc1ccc(-c2ccc(CCc3ccc(-c4ccc(OCCOC)cc4)cc3)c(CCCCCCC)c2)cc1. The van der Waals surface area contributed by atoms with Crippen LogP contribution in [0, 0.1) is 0 Å². The normalized spacial score (nSPS) is 10.5. The molecule has 0 unspecified atom stereocenters. The maximum atomic E-state index is 11.6. The summed E-state index contributed by atoms with van der Waals surface area (Å²) in [5.74, 6) is 0.950. The topological polar surface area (TPSA) is 112 Å². The van der Waals surface area contributed by atoms with Crippen LogP contribution in [-0.2, 0) is 38.3 Å². The van der Waals surface area contributed by atoms with E-state index in [0.717, 1.165) is 30.6 Å². The second-order valence-electron chi connectivity index (χ2n) is 12.9. The number of methoxy groups -OCH3 is 1. The lowest BCUT2D eigenvalue weighted by Crippen LogP contribution is -2.14. The molecule has 0 radical (unpaired) electrons. The number of aliphatic hydroxyl groups excluding tert-OH is 2. The monoisotopic (exact) mass is 736 g/mol. The van der Waals surface area contributed by atoms with Crippen molar-refractivity contribution in [2.45, 2.75) is 58.3 Å². The Kier molecular flexibility index (Phi) is 20.1. The van der Waals surface area contributed by atoms with E-state index in [1.807, 2.05) is 24.3 Å². The van der Waals surface area contributed by atoms with Crippen LogP contribution in [0.1, 0.15) is 55.7 Å². The van der Waals surface area contributed by atoms with Gasteiger partial charge in [-0.1, -0.05) is 112 Å². The second kappa shape index (κ2) is 25.1. The van der Waals surface area contributed by atoms with Crippen molar-refractivity contribution in [3.05, 3.63) is 132 Å². The van der Waals surface area contributed by atoms with Gasteiger partial charge >= 0.3 is 5.97 Å².